The van der Waals surface area contributed by atoms with Crippen LogP contribution in [0.25, 0.3) is 0 Å². The van der Waals surface area contributed by atoms with Crippen LogP contribution in [0, 0.1) is 0 Å². The lowest BCUT2D eigenvalue weighted by Gasteiger charge is -2.31. The monoisotopic (exact) mass is 382 g/mol. The van der Waals surface area contributed by atoms with E-state index in [4.69, 9.17) is 11.6 Å². The van der Waals surface area contributed by atoms with Gasteiger partial charge in [-0.1, -0.05) is 30.7 Å². The number of halogens is 1. The summed E-state index contributed by atoms with van der Waals surface area (Å²) in [5, 5.41) is 5.69. The fraction of sp³-hybridized carbons (Fsp3) is 0.579. The minimum atomic E-state index is 0.103. The van der Waals surface area contributed by atoms with Crippen LogP contribution >= 0.6 is 11.6 Å². The second-order valence-corrected chi connectivity index (χ2v) is 7.37. The number of nitrogens with one attached hydrogen (secondary N) is 2. The third-order valence-corrected chi connectivity index (χ3v) is 5.10. The van der Waals surface area contributed by atoms with Crippen molar-refractivity contribution in [2.75, 3.05) is 45.8 Å². The van der Waals surface area contributed by atoms with E-state index in [0.29, 0.717) is 13.1 Å². The van der Waals surface area contributed by atoms with Gasteiger partial charge in [-0.25, -0.2) is 0 Å². The van der Waals surface area contributed by atoms with E-state index in [1.165, 1.54) is 4.90 Å². The molecule has 2 rings (SSSR count). The highest BCUT2D eigenvalue weighted by atomic mass is 35.5. The smallest absolute Gasteiger partial charge is 0.278 e. The molecule has 1 fully saturated rings. The predicted molar refractivity (Wildman–Crippen MR) is 102 cm³/mol. The maximum Gasteiger partial charge on any atom is 0.278 e. The summed E-state index contributed by atoms with van der Waals surface area (Å²) in [6.45, 7) is 8.92. The maximum atomic E-state index is 12.4. The number of rotatable bonds is 8. The van der Waals surface area contributed by atoms with Crippen LogP contribution in [0.1, 0.15) is 31.9 Å². The van der Waals surface area contributed by atoms with Crippen LogP contribution < -0.4 is 15.5 Å². The summed E-state index contributed by atoms with van der Waals surface area (Å²) in [6, 6.07) is 7.97. The van der Waals surface area contributed by atoms with Crippen molar-refractivity contribution >= 4 is 23.4 Å². The summed E-state index contributed by atoms with van der Waals surface area (Å²) in [5.41, 5.74) is 1.16. The molecule has 1 aliphatic rings. The molecule has 144 valence electrons. The molecule has 4 N–H and O–H groups in total. The highest BCUT2D eigenvalue weighted by molar-refractivity contribution is 6.30. The number of quaternary nitrogens is 2. The van der Waals surface area contributed by atoms with Crippen LogP contribution in [0.2, 0.25) is 5.02 Å². The first kappa shape index (κ1) is 20.7. The van der Waals surface area contributed by atoms with Gasteiger partial charge in [0, 0.05) is 17.1 Å². The quantitative estimate of drug-likeness (QED) is 0.552. The lowest BCUT2D eigenvalue weighted by molar-refractivity contribution is -0.896. The number of piperazine rings is 1. The van der Waals surface area contributed by atoms with Crippen LogP contribution in [0.3, 0.4) is 0 Å². The summed E-state index contributed by atoms with van der Waals surface area (Å²) >= 11 is 5.92. The Morgan fingerprint density at radius 3 is 2.54 bits per heavy atom. The summed E-state index contributed by atoms with van der Waals surface area (Å²) in [7, 11) is 0. The maximum absolute atomic E-state index is 12.4. The minimum Gasteiger partial charge on any atom is -0.351 e. The molecule has 0 aromatic heterocycles. The van der Waals surface area contributed by atoms with E-state index >= 15 is 0 Å². The topological polar surface area (TPSA) is 70.5 Å². The molecule has 0 saturated carbocycles. The van der Waals surface area contributed by atoms with Crippen molar-refractivity contribution in [3.05, 3.63) is 34.9 Å². The Morgan fingerprint density at radius 1 is 1.27 bits per heavy atom. The summed E-state index contributed by atoms with van der Waals surface area (Å²) < 4.78 is 0. The summed E-state index contributed by atoms with van der Waals surface area (Å²) in [5.74, 6) is 0.270. The first-order valence-electron chi connectivity index (χ1n) is 9.46. The zero-order valence-electron chi connectivity index (χ0n) is 15.8. The van der Waals surface area contributed by atoms with E-state index in [-0.39, 0.29) is 17.9 Å². The lowest BCUT2D eigenvalue weighted by atomic mass is 10.1. The number of carbonyl (C=O) groups excluding carboxylic acids is 2. The largest absolute Gasteiger partial charge is 0.351 e. The van der Waals surface area contributed by atoms with Crippen LogP contribution in [0.5, 0.6) is 0 Å². The van der Waals surface area contributed by atoms with Gasteiger partial charge in [-0.15, -0.1) is 0 Å². The standard InChI is InChI=1S/C19H29ClN4O2/c1-3-8-21-18(25)14-23-9-11-24(12-10-23)19(26)13-22-15(2)16-4-6-17(20)7-5-16/h4-7,15,22H,3,8-14H2,1-2H3,(H,21,25)/p+2/t15-/m1/s1. The van der Waals surface area contributed by atoms with Crippen molar-refractivity contribution in [1.82, 2.24) is 10.2 Å². The van der Waals surface area contributed by atoms with E-state index in [0.717, 1.165) is 49.7 Å². The van der Waals surface area contributed by atoms with Crippen molar-refractivity contribution < 1.29 is 19.8 Å². The van der Waals surface area contributed by atoms with Gasteiger partial charge in [0.2, 0.25) is 0 Å². The fourth-order valence-electron chi connectivity index (χ4n) is 3.11. The average Bonchev–Trinajstić information content (AvgIpc) is 2.65. The number of benzene rings is 1. The van der Waals surface area contributed by atoms with E-state index in [2.05, 4.69) is 17.6 Å². The van der Waals surface area contributed by atoms with Crippen molar-refractivity contribution in [2.45, 2.75) is 26.3 Å². The van der Waals surface area contributed by atoms with Gasteiger partial charge in [-0.05, 0) is 25.5 Å². The summed E-state index contributed by atoms with van der Waals surface area (Å²) in [6.07, 6.45) is 0.953. The van der Waals surface area contributed by atoms with Gasteiger partial charge in [-0.3, -0.25) is 9.59 Å². The van der Waals surface area contributed by atoms with Gasteiger partial charge in [0.25, 0.3) is 11.8 Å². The zero-order valence-corrected chi connectivity index (χ0v) is 16.5. The molecule has 2 amide bonds. The second kappa shape index (κ2) is 10.5. The van der Waals surface area contributed by atoms with Gasteiger partial charge in [0.1, 0.15) is 6.04 Å². The predicted octanol–water partition coefficient (Wildman–Crippen LogP) is -0.782. The molecule has 1 saturated heterocycles. The highest BCUT2D eigenvalue weighted by Gasteiger charge is 2.26. The zero-order chi connectivity index (χ0) is 18.9. The number of nitrogens with two attached hydrogens (primary N) is 1. The van der Waals surface area contributed by atoms with Crippen LogP contribution in [-0.2, 0) is 9.59 Å². The molecule has 0 spiro atoms. The fourth-order valence-corrected chi connectivity index (χ4v) is 3.24. The number of hydrogen-bond acceptors (Lipinski definition) is 2. The molecule has 0 unspecified atom stereocenters. The number of hydrogen-bond donors (Lipinski definition) is 3. The molecule has 7 heteroatoms. The van der Waals surface area contributed by atoms with E-state index in [1.807, 2.05) is 36.1 Å². The van der Waals surface area contributed by atoms with Gasteiger partial charge in [0.05, 0.1) is 26.2 Å². The molecule has 1 aliphatic heterocycles. The number of nitrogens with zero attached hydrogens (tertiary/aromatic N) is 1. The minimum absolute atomic E-state index is 0.103. The van der Waals surface area contributed by atoms with Crippen LogP contribution in [0.4, 0.5) is 0 Å². The van der Waals surface area contributed by atoms with Crippen LogP contribution in [0.15, 0.2) is 24.3 Å². The molecule has 0 aliphatic carbocycles. The van der Waals surface area contributed by atoms with Gasteiger partial charge < -0.3 is 20.4 Å². The Bertz CT molecular complexity index is 586. The van der Waals surface area contributed by atoms with Crippen molar-refractivity contribution in [2.24, 2.45) is 0 Å². The molecule has 6 nitrogen and oxygen atoms in total. The number of amides is 2. The average molecular weight is 383 g/mol. The van der Waals surface area contributed by atoms with Crippen molar-refractivity contribution in [3.63, 3.8) is 0 Å². The third kappa shape index (κ3) is 6.59. The Kier molecular flexibility index (Phi) is 8.35. The lowest BCUT2D eigenvalue weighted by Crippen LogP contribution is -3.16. The highest BCUT2D eigenvalue weighted by Crippen LogP contribution is 2.13. The first-order valence-corrected chi connectivity index (χ1v) is 9.84. The Hall–Kier alpha value is -1.63. The molecular weight excluding hydrogens is 352 g/mol. The SMILES string of the molecule is CCCNC(=O)C[NH+]1CCN(C(=O)C[NH2+][C@H](C)c2ccc(Cl)cc2)CC1. The van der Waals surface area contributed by atoms with Crippen LogP contribution in [-0.4, -0.2) is 62.5 Å². The Labute approximate surface area is 160 Å². The van der Waals surface area contributed by atoms with Gasteiger partial charge in [0.15, 0.2) is 13.1 Å². The van der Waals surface area contributed by atoms with E-state index in [1.54, 1.807) is 0 Å². The van der Waals surface area contributed by atoms with Crippen molar-refractivity contribution in [1.29, 1.82) is 0 Å². The Balaban J connectivity index is 1.69. The second-order valence-electron chi connectivity index (χ2n) is 6.94. The summed E-state index contributed by atoms with van der Waals surface area (Å²) in [4.78, 5) is 27.4. The van der Waals surface area contributed by atoms with Crippen molar-refractivity contribution in [3.8, 4) is 0 Å². The molecule has 1 atom stereocenters. The molecule has 1 aromatic rings. The first-order chi connectivity index (χ1) is 12.5. The van der Waals surface area contributed by atoms with Gasteiger partial charge in [-0.2, -0.15) is 0 Å². The molecule has 26 heavy (non-hydrogen) atoms. The number of carbonyl (C=O) groups is 2. The molecule has 0 bridgehead atoms. The molecule has 0 radical (unpaired) electrons. The molecular formula is C19H31ClN4O2+2. The molecule has 1 aromatic carbocycles. The van der Waals surface area contributed by atoms with Gasteiger partial charge >= 0.3 is 0 Å². The third-order valence-electron chi connectivity index (χ3n) is 4.85. The van der Waals surface area contributed by atoms with E-state index < -0.39 is 0 Å². The van der Waals surface area contributed by atoms with E-state index in [9.17, 15) is 9.59 Å². The normalized spacial score (nSPS) is 16.3. The molecule has 1 heterocycles. The Morgan fingerprint density at radius 2 is 1.92 bits per heavy atom.